The van der Waals surface area contributed by atoms with Crippen molar-refractivity contribution in [3.63, 3.8) is 0 Å². The van der Waals surface area contributed by atoms with Gasteiger partial charge < -0.3 is 4.98 Å². The van der Waals surface area contributed by atoms with Gasteiger partial charge in [-0.05, 0) is 37.3 Å². The van der Waals surface area contributed by atoms with E-state index < -0.39 is 0 Å². The molecule has 0 bridgehead atoms. The number of aromatic nitrogens is 1. The second kappa shape index (κ2) is 7.25. The molecule has 1 atom stereocenters. The molecule has 1 unspecified atom stereocenters. The third-order valence-electron chi connectivity index (χ3n) is 5.44. The van der Waals surface area contributed by atoms with Gasteiger partial charge in [0.25, 0.3) is 0 Å². The molecule has 29 heavy (non-hydrogen) atoms. The summed E-state index contributed by atoms with van der Waals surface area (Å²) in [5, 5.41) is 9.57. The number of rotatable bonds is 3. The summed E-state index contributed by atoms with van der Waals surface area (Å²) in [6.07, 6.45) is 2.76. The van der Waals surface area contributed by atoms with Crippen LogP contribution >= 0.6 is 23.2 Å². The summed E-state index contributed by atoms with van der Waals surface area (Å²) in [5.41, 5.74) is 6.38. The first-order chi connectivity index (χ1) is 14.1. The van der Waals surface area contributed by atoms with E-state index in [1.54, 1.807) is 0 Å². The molecule has 1 aliphatic rings. The van der Waals surface area contributed by atoms with Crippen molar-refractivity contribution in [1.82, 2.24) is 4.98 Å². The van der Waals surface area contributed by atoms with Crippen molar-refractivity contribution in [3.05, 3.63) is 99.7 Å². The van der Waals surface area contributed by atoms with E-state index in [0.717, 1.165) is 34.5 Å². The molecule has 0 aliphatic carbocycles. The Kier molecular flexibility index (Phi) is 4.57. The Balaban J connectivity index is 1.65. The molecule has 0 amide bonds. The van der Waals surface area contributed by atoms with E-state index in [2.05, 4.69) is 54.4 Å². The van der Waals surface area contributed by atoms with E-state index >= 15 is 0 Å². The van der Waals surface area contributed by atoms with Gasteiger partial charge in [0.1, 0.15) is 0 Å². The van der Waals surface area contributed by atoms with Crippen molar-refractivity contribution < 1.29 is 0 Å². The van der Waals surface area contributed by atoms with Gasteiger partial charge in [0.05, 0.1) is 17.4 Å². The molecule has 3 nitrogen and oxygen atoms in total. The normalized spacial score (nSPS) is 16.4. The fourth-order valence-corrected chi connectivity index (χ4v) is 4.62. The first kappa shape index (κ1) is 18.3. The number of aryl methyl sites for hydroxylation is 1. The number of H-pyrrole nitrogens is 1. The zero-order chi connectivity index (χ0) is 20.0. The second-order valence-electron chi connectivity index (χ2n) is 7.33. The van der Waals surface area contributed by atoms with Gasteiger partial charge in [-0.3, -0.25) is 5.01 Å². The lowest BCUT2D eigenvalue weighted by molar-refractivity contribution is 0.709. The molecule has 0 spiro atoms. The Morgan fingerprint density at radius 3 is 2.41 bits per heavy atom. The maximum absolute atomic E-state index is 6.59. The zero-order valence-corrected chi connectivity index (χ0v) is 17.4. The number of fused-ring (bicyclic) bond motifs is 1. The van der Waals surface area contributed by atoms with Crippen molar-refractivity contribution >= 4 is 45.5 Å². The number of hydrazone groups is 1. The molecule has 5 rings (SSSR count). The number of hydrogen-bond donors (Lipinski definition) is 1. The molecule has 144 valence electrons. The van der Waals surface area contributed by atoms with Gasteiger partial charge in [0.2, 0.25) is 0 Å². The third-order valence-corrected chi connectivity index (χ3v) is 6.10. The van der Waals surface area contributed by atoms with Crippen LogP contribution in [0.4, 0.5) is 5.69 Å². The van der Waals surface area contributed by atoms with E-state index in [-0.39, 0.29) is 6.04 Å². The molecule has 0 fully saturated rings. The summed E-state index contributed by atoms with van der Waals surface area (Å²) in [6.45, 7) is 2.08. The van der Waals surface area contributed by atoms with Crippen LogP contribution in [0.2, 0.25) is 10.0 Å². The van der Waals surface area contributed by atoms with Crippen LogP contribution in [0.1, 0.15) is 29.2 Å². The smallest absolute Gasteiger partial charge is 0.0860 e. The Labute approximate surface area is 179 Å². The van der Waals surface area contributed by atoms with E-state index in [0.29, 0.717) is 10.0 Å². The van der Waals surface area contributed by atoms with Crippen LogP contribution in [-0.2, 0) is 0 Å². The van der Waals surface area contributed by atoms with Gasteiger partial charge >= 0.3 is 0 Å². The van der Waals surface area contributed by atoms with Crippen LogP contribution in [-0.4, -0.2) is 10.7 Å². The average molecular weight is 420 g/mol. The molecular formula is C24H19Cl2N3. The topological polar surface area (TPSA) is 31.4 Å². The highest BCUT2D eigenvalue weighted by Gasteiger charge is 2.33. The summed E-state index contributed by atoms with van der Waals surface area (Å²) < 4.78 is 0. The molecule has 5 heteroatoms. The Hall–Kier alpha value is -2.75. The van der Waals surface area contributed by atoms with Crippen molar-refractivity contribution in [2.75, 3.05) is 5.01 Å². The number of aromatic amines is 1. The van der Waals surface area contributed by atoms with Gasteiger partial charge in [-0.1, -0.05) is 65.2 Å². The molecule has 1 N–H and O–H groups in total. The van der Waals surface area contributed by atoms with Crippen LogP contribution in [0.25, 0.3) is 10.9 Å². The summed E-state index contributed by atoms with van der Waals surface area (Å²) in [7, 11) is 0. The van der Waals surface area contributed by atoms with Gasteiger partial charge in [-0.2, -0.15) is 5.10 Å². The van der Waals surface area contributed by atoms with Gasteiger partial charge in [-0.15, -0.1) is 0 Å². The number of hydrogen-bond acceptors (Lipinski definition) is 2. The predicted molar refractivity (Wildman–Crippen MR) is 122 cm³/mol. The highest BCUT2D eigenvalue weighted by Crippen LogP contribution is 2.42. The molecule has 0 saturated heterocycles. The lowest BCUT2D eigenvalue weighted by Crippen LogP contribution is -2.19. The molecular weight excluding hydrogens is 401 g/mol. The van der Waals surface area contributed by atoms with Gasteiger partial charge in [-0.25, -0.2) is 0 Å². The largest absolute Gasteiger partial charge is 0.360 e. The minimum Gasteiger partial charge on any atom is -0.360 e. The van der Waals surface area contributed by atoms with E-state index in [1.165, 1.54) is 10.9 Å². The van der Waals surface area contributed by atoms with Crippen LogP contribution in [0.3, 0.4) is 0 Å². The Morgan fingerprint density at radius 1 is 0.931 bits per heavy atom. The molecule has 2 heterocycles. The van der Waals surface area contributed by atoms with Gasteiger partial charge in [0.15, 0.2) is 0 Å². The minimum atomic E-state index is -0.0671. The average Bonchev–Trinajstić information content (AvgIpc) is 3.33. The highest BCUT2D eigenvalue weighted by atomic mass is 35.5. The molecule has 0 radical (unpaired) electrons. The van der Waals surface area contributed by atoms with Crippen molar-refractivity contribution in [2.45, 2.75) is 19.4 Å². The monoisotopic (exact) mass is 419 g/mol. The molecule has 0 saturated carbocycles. The standard InChI is InChI=1S/C24H19Cl2N3/c1-15-9-11-16(12-10-15)29-23(24-19(25)6-4-7-20(24)26)13-22(28-29)18-14-27-21-8-3-2-5-17(18)21/h2-12,14,23,27H,13H2,1H3. The van der Waals surface area contributed by atoms with Crippen molar-refractivity contribution in [2.24, 2.45) is 5.10 Å². The van der Waals surface area contributed by atoms with E-state index in [4.69, 9.17) is 28.3 Å². The summed E-state index contributed by atoms with van der Waals surface area (Å²) >= 11 is 13.2. The van der Waals surface area contributed by atoms with E-state index in [1.807, 2.05) is 35.5 Å². The van der Waals surface area contributed by atoms with Crippen LogP contribution in [0.15, 0.2) is 78.0 Å². The number of halogens is 2. The van der Waals surface area contributed by atoms with Crippen molar-refractivity contribution in [1.29, 1.82) is 0 Å². The van der Waals surface area contributed by atoms with Crippen LogP contribution in [0, 0.1) is 6.92 Å². The molecule has 4 aromatic rings. The number of nitrogens with zero attached hydrogens (tertiary/aromatic N) is 2. The fourth-order valence-electron chi connectivity index (χ4n) is 3.97. The maximum atomic E-state index is 6.59. The second-order valence-corrected chi connectivity index (χ2v) is 8.14. The Morgan fingerprint density at radius 2 is 1.66 bits per heavy atom. The predicted octanol–water partition coefficient (Wildman–Crippen LogP) is 7.14. The SMILES string of the molecule is Cc1ccc(N2N=C(c3c[nH]c4ccccc34)CC2c2c(Cl)cccc2Cl)cc1. The molecule has 3 aromatic carbocycles. The number of anilines is 1. The fraction of sp³-hybridized carbons (Fsp3) is 0.125. The Bertz CT molecular complexity index is 1200. The molecule has 1 aromatic heterocycles. The van der Waals surface area contributed by atoms with E-state index in [9.17, 15) is 0 Å². The summed E-state index contributed by atoms with van der Waals surface area (Å²) in [6, 6.07) is 22.2. The lowest BCUT2D eigenvalue weighted by Gasteiger charge is -2.25. The highest BCUT2D eigenvalue weighted by molar-refractivity contribution is 6.36. The van der Waals surface area contributed by atoms with Gasteiger partial charge in [0, 0.05) is 44.7 Å². The minimum absolute atomic E-state index is 0.0671. The van der Waals surface area contributed by atoms with Crippen LogP contribution < -0.4 is 5.01 Å². The first-order valence-electron chi connectivity index (χ1n) is 9.55. The number of para-hydroxylation sites is 1. The summed E-state index contributed by atoms with van der Waals surface area (Å²) in [4.78, 5) is 3.35. The lowest BCUT2D eigenvalue weighted by atomic mass is 9.97. The maximum Gasteiger partial charge on any atom is 0.0860 e. The third kappa shape index (κ3) is 3.21. The first-order valence-corrected chi connectivity index (χ1v) is 10.3. The molecule has 1 aliphatic heterocycles. The number of nitrogens with one attached hydrogen (secondary N) is 1. The number of benzene rings is 3. The van der Waals surface area contributed by atoms with Crippen molar-refractivity contribution in [3.8, 4) is 0 Å². The van der Waals surface area contributed by atoms with Crippen LogP contribution in [0.5, 0.6) is 0 Å². The quantitative estimate of drug-likeness (QED) is 0.375. The zero-order valence-electron chi connectivity index (χ0n) is 15.9. The summed E-state index contributed by atoms with van der Waals surface area (Å²) in [5.74, 6) is 0.